The molecular weight excluding hydrogens is 308 g/mol. The minimum atomic E-state index is 0.320. The first-order chi connectivity index (χ1) is 9.10. The predicted molar refractivity (Wildman–Crippen MR) is 78.1 cm³/mol. The van der Waals surface area contributed by atoms with Gasteiger partial charge in [0.25, 0.3) is 0 Å². The molecular formula is C13H15BrN4O. The fraction of sp³-hybridized carbons (Fsp3) is 0.231. The van der Waals surface area contributed by atoms with Crippen molar-refractivity contribution in [1.82, 2.24) is 9.97 Å². The summed E-state index contributed by atoms with van der Waals surface area (Å²) in [6.07, 6.45) is 1.59. The summed E-state index contributed by atoms with van der Waals surface area (Å²) in [5.41, 5.74) is 3.50. The maximum Gasteiger partial charge on any atom is 0.240 e. The highest BCUT2D eigenvalue weighted by atomic mass is 79.9. The van der Waals surface area contributed by atoms with Crippen molar-refractivity contribution in [3.63, 3.8) is 0 Å². The highest BCUT2D eigenvalue weighted by Crippen LogP contribution is 2.32. The Morgan fingerprint density at radius 3 is 2.79 bits per heavy atom. The van der Waals surface area contributed by atoms with Crippen LogP contribution in [0.1, 0.15) is 25.3 Å². The lowest BCUT2D eigenvalue weighted by Gasteiger charge is -2.13. The molecule has 0 spiro atoms. The Balaban J connectivity index is 2.32. The molecule has 0 saturated carbocycles. The summed E-state index contributed by atoms with van der Waals surface area (Å²) in [7, 11) is 0. The average Bonchev–Trinajstić information content (AvgIpc) is 2.41. The summed E-state index contributed by atoms with van der Waals surface area (Å²) in [4.78, 5) is 8.06. The van der Waals surface area contributed by atoms with E-state index in [0.717, 1.165) is 15.8 Å². The highest BCUT2D eigenvalue weighted by molar-refractivity contribution is 9.10. The Kier molecular flexibility index (Phi) is 4.34. The summed E-state index contributed by atoms with van der Waals surface area (Å²) in [5, 5.41) is 0. The lowest BCUT2D eigenvalue weighted by molar-refractivity contribution is 0.453. The molecule has 19 heavy (non-hydrogen) atoms. The molecule has 2 rings (SSSR count). The fourth-order valence-electron chi connectivity index (χ4n) is 1.64. The van der Waals surface area contributed by atoms with E-state index in [1.165, 1.54) is 0 Å². The van der Waals surface area contributed by atoms with Crippen LogP contribution in [0.15, 0.2) is 34.9 Å². The van der Waals surface area contributed by atoms with Crippen LogP contribution >= 0.6 is 15.9 Å². The van der Waals surface area contributed by atoms with Gasteiger partial charge in [0.05, 0.1) is 0 Å². The molecule has 0 aliphatic heterocycles. The number of hydrogen-bond acceptors (Lipinski definition) is 5. The first-order valence-electron chi connectivity index (χ1n) is 5.87. The number of nitrogen functional groups attached to an aromatic ring is 1. The number of nitrogens with zero attached hydrogens (tertiary/aromatic N) is 2. The van der Waals surface area contributed by atoms with E-state index in [9.17, 15) is 0 Å². The molecule has 6 heteroatoms. The molecule has 0 radical (unpaired) electrons. The second-order valence-electron chi connectivity index (χ2n) is 4.30. The average molecular weight is 323 g/mol. The van der Waals surface area contributed by atoms with Crippen molar-refractivity contribution in [2.75, 3.05) is 5.43 Å². The van der Waals surface area contributed by atoms with Gasteiger partial charge in [0.15, 0.2) is 0 Å². The van der Waals surface area contributed by atoms with E-state index in [0.29, 0.717) is 17.7 Å². The van der Waals surface area contributed by atoms with Crippen LogP contribution in [-0.4, -0.2) is 9.97 Å². The van der Waals surface area contributed by atoms with Gasteiger partial charge in [-0.1, -0.05) is 29.8 Å². The van der Waals surface area contributed by atoms with Gasteiger partial charge in [-0.15, -0.1) is 0 Å². The molecule has 0 aliphatic carbocycles. The molecule has 1 heterocycles. The third-order valence-electron chi connectivity index (χ3n) is 2.57. The van der Waals surface area contributed by atoms with E-state index in [1.54, 1.807) is 12.3 Å². The number of nitrogens with two attached hydrogens (primary N) is 1. The van der Waals surface area contributed by atoms with Crippen molar-refractivity contribution in [2.24, 2.45) is 5.84 Å². The van der Waals surface area contributed by atoms with Gasteiger partial charge in [0.1, 0.15) is 5.75 Å². The molecule has 3 N–H and O–H groups in total. The summed E-state index contributed by atoms with van der Waals surface area (Å²) < 4.78 is 6.82. The van der Waals surface area contributed by atoms with Crippen LogP contribution in [0.4, 0.5) is 5.95 Å². The van der Waals surface area contributed by atoms with Crippen molar-refractivity contribution in [1.29, 1.82) is 0 Å². The quantitative estimate of drug-likeness (QED) is 0.666. The molecule has 0 atom stereocenters. The maximum atomic E-state index is 5.80. The Hall–Kier alpha value is -1.66. The Morgan fingerprint density at radius 2 is 2.11 bits per heavy atom. The topological polar surface area (TPSA) is 73.1 Å². The Bertz CT molecular complexity index is 574. The fourth-order valence-corrected chi connectivity index (χ4v) is 2.02. The number of benzene rings is 1. The second-order valence-corrected chi connectivity index (χ2v) is 5.22. The van der Waals surface area contributed by atoms with Gasteiger partial charge in [-0.2, -0.15) is 4.98 Å². The van der Waals surface area contributed by atoms with Crippen LogP contribution in [0, 0.1) is 0 Å². The summed E-state index contributed by atoms with van der Waals surface area (Å²) in [6, 6.07) is 7.58. The zero-order valence-corrected chi connectivity index (χ0v) is 12.3. The van der Waals surface area contributed by atoms with Crippen LogP contribution in [0.2, 0.25) is 0 Å². The maximum absolute atomic E-state index is 5.80. The minimum absolute atomic E-state index is 0.320. The molecule has 0 fully saturated rings. The number of nitrogens with one attached hydrogen (secondary N) is 1. The normalized spacial score (nSPS) is 10.6. The largest absolute Gasteiger partial charge is 0.439 e. The second kappa shape index (κ2) is 5.99. The van der Waals surface area contributed by atoms with Gasteiger partial charge in [-0.3, -0.25) is 5.43 Å². The number of ether oxygens (including phenoxy) is 1. The van der Waals surface area contributed by atoms with E-state index in [4.69, 9.17) is 10.6 Å². The first kappa shape index (κ1) is 13.8. The molecule has 0 saturated heterocycles. The number of anilines is 1. The predicted octanol–water partition coefficient (Wildman–Crippen LogP) is 3.44. The zero-order valence-electron chi connectivity index (χ0n) is 10.7. The van der Waals surface area contributed by atoms with Gasteiger partial charge >= 0.3 is 0 Å². The van der Waals surface area contributed by atoms with E-state index in [-0.39, 0.29) is 0 Å². The van der Waals surface area contributed by atoms with Gasteiger partial charge in [-0.25, -0.2) is 10.8 Å². The SMILES string of the molecule is CC(C)c1cc(Br)ccc1Oc1ccnc(NN)n1. The monoisotopic (exact) mass is 322 g/mol. The number of rotatable bonds is 4. The van der Waals surface area contributed by atoms with Crippen molar-refractivity contribution >= 4 is 21.9 Å². The highest BCUT2D eigenvalue weighted by Gasteiger charge is 2.10. The van der Waals surface area contributed by atoms with Crippen molar-refractivity contribution < 1.29 is 4.74 Å². The minimum Gasteiger partial charge on any atom is -0.439 e. The number of halogens is 1. The standard InChI is InChI=1S/C13H15BrN4O/c1-8(2)10-7-9(14)3-4-11(10)19-12-5-6-16-13(17-12)18-15/h3-8H,15H2,1-2H3,(H,16,17,18). The summed E-state index contributed by atoms with van der Waals surface area (Å²) in [6.45, 7) is 4.23. The van der Waals surface area contributed by atoms with Crippen LogP contribution in [0.5, 0.6) is 11.6 Å². The molecule has 0 amide bonds. The van der Waals surface area contributed by atoms with Crippen molar-refractivity contribution in [3.05, 3.63) is 40.5 Å². The number of hydrazine groups is 1. The van der Waals surface area contributed by atoms with Crippen LogP contribution < -0.4 is 16.0 Å². The van der Waals surface area contributed by atoms with Gasteiger partial charge in [0, 0.05) is 16.7 Å². The molecule has 1 aromatic heterocycles. The van der Waals surface area contributed by atoms with Gasteiger partial charge < -0.3 is 4.74 Å². The smallest absolute Gasteiger partial charge is 0.240 e. The first-order valence-corrected chi connectivity index (χ1v) is 6.66. The molecule has 1 aromatic carbocycles. The lowest BCUT2D eigenvalue weighted by Crippen LogP contribution is -2.10. The lowest BCUT2D eigenvalue weighted by atomic mass is 10.0. The van der Waals surface area contributed by atoms with Crippen molar-refractivity contribution in [2.45, 2.75) is 19.8 Å². The molecule has 0 unspecified atom stereocenters. The van der Waals surface area contributed by atoms with E-state index < -0.39 is 0 Å². The third-order valence-corrected chi connectivity index (χ3v) is 3.06. The Labute approximate surface area is 120 Å². The Morgan fingerprint density at radius 1 is 1.32 bits per heavy atom. The molecule has 0 bridgehead atoms. The van der Waals surface area contributed by atoms with E-state index in [1.807, 2.05) is 18.2 Å². The molecule has 2 aromatic rings. The van der Waals surface area contributed by atoms with Crippen LogP contribution in [0.25, 0.3) is 0 Å². The number of aromatic nitrogens is 2. The van der Waals surface area contributed by atoms with E-state index in [2.05, 4.69) is 45.2 Å². The molecule has 5 nitrogen and oxygen atoms in total. The van der Waals surface area contributed by atoms with Crippen LogP contribution in [0.3, 0.4) is 0 Å². The third kappa shape index (κ3) is 3.42. The number of hydrogen-bond donors (Lipinski definition) is 2. The van der Waals surface area contributed by atoms with Crippen molar-refractivity contribution in [3.8, 4) is 11.6 Å². The van der Waals surface area contributed by atoms with Gasteiger partial charge in [-0.05, 0) is 29.7 Å². The van der Waals surface area contributed by atoms with Crippen LogP contribution in [-0.2, 0) is 0 Å². The van der Waals surface area contributed by atoms with Gasteiger partial charge in [0.2, 0.25) is 11.8 Å². The van der Waals surface area contributed by atoms with E-state index >= 15 is 0 Å². The molecule has 0 aliphatic rings. The summed E-state index contributed by atoms with van der Waals surface area (Å²) >= 11 is 3.47. The molecule has 100 valence electrons. The zero-order chi connectivity index (χ0) is 13.8. The summed E-state index contributed by atoms with van der Waals surface area (Å²) in [5.74, 6) is 7.17.